The molecular formula is C16H15N3O3. The molecule has 4 rings (SSSR count). The molecule has 1 N–H and O–H groups in total. The number of fused-ring (bicyclic) bond motifs is 3. The van der Waals surface area contributed by atoms with Gasteiger partial charge in [-0.25, -0.2) is 5.01 Å². The standard InChI is InChI=1S/C16H15N3O3/c1-9-8-13(20)17-19(9)16(21)14-12-7-6-10-4-2-3-5-11(10)15(12)22-18-14/h2-5,9H,6-8H2,1H3,(H,17,20). The van der Waals surface area contributed by atoms with E-state index in [4.69, 9.17) is 4.52 Å². The van der Waals surface area contributed by atoms with Crippen molar-refractivity contribution in [2.24, 2.45) is 0 Å². The smallest absolute Gasteiger partial charge is 0.295 e. The summed E-state index contributed by atoms with van der Waals surface area (Å²) in [5.74, 6) is 0.217. The number of hydrogen-bond donors (Lipinski definition) is 1. The van der Waals surface area contributed by atoms with Crippen LogP contribution >= 0.6 is 0 Å². The van der Waals surface area contributed by atoms with Gasteiger partial charge in [0.2, 0.25) is 5.91 Å². The predicted octanol–water partition coefficient (Wildman–Crippen LogP) is 1.71. The fourth-order valence-corrected chi connectivity index (χ4v) is 3.16. The van der Waals surface area contributed by atoms with Gasteiger partial charge in [-0.2, -0.15) is 0 Å². The van der Waals surface area contributed by atoms with Crippen LogP contribution in [0, 0.1) is 0 Å². The van der Waals surface area contributed by atoms with Crippen molar-refractivity contribution in [1.29, 1.82) is 0 Å². The Morgan fingerprint density at radius 2 is 2.18 bits per heavy atom. The molecule has 6 nitrogen and oxygen atoms in total. The zero-order valence-electron chi connectivity index (χ0n) is 12.1. The van der Waals surface area contributed by atoms with E-state index in [1.807, 2.05) is 25.1 Å². The summed E-state index contributed by atoms with van der Waals surface area (Å²) in [6.07, 6.45) is 1.88. The highest BCUT2D eigenvalue weighted by atomic mass is 16.5. The van der Waals surface area contributed by atoms with Gasteiger partial charge in [-0.3, -0.25) is 15.0 Å². The Morgan fingerprint density at radius 1 is 1.36 bits per heavy atom. The summed E-state index contributed by atoms with van der Waals surface area (Å²) in [7, 11) is 0. The Morgan fingerprint density at radius 3 is 2.95 bits per heavy atom. The number of nitrogens with one attached hydrogen (secondary N) is 1. The molecule has 1 aromatic carbocycles. The summed E-state index contributed by atoms with van der Waals surface area (Å²) in [4.78, 5) is 24.1. The Hall–Kier alpha value is -2.63. The molecule has 22 heavy (non-hydrogen) atoms. The van der Waals surface area contributed by atoms with Crippen LogP contribution in [0.15, 0.2) is 28.8 Å². The molecule has 1 atom stereocenters. The normalized spacial score (nSPS) is 19.6. The Bertz CT molecular complexity index is 781. The van der Waals surface area contributed by atoms with Crippen molar-refractivity contribution in [2.75, 3.05) is 0 Å². The maximum atomic E-state index is 12.6. The quantitative estimate of drug-likeness (QED) is 0.869. The van der Waals surface area contributed by atoms with E-state index in [0.29, 0.717) is 24.3 Å². The molecule has 2 aliphatic rings. The van der Waals surface area contributed by atoms with Gasteiger partial charge >= 0.3 is 0 Å². The van der Waals surface area contributed by atoms with Gasteiger partial charge in [-0.05, 0) is 25.3 Å². The minimum atomic E-state index is -0.303. The fraction of sp³-hybridized carbons (Fsp3) is 0.312. The fourth-order valence-electron chi connectivity index (χ4n) is 3.16. The van der Waals surface area contributed by atoms with Crippen LogP contribution in [-0.4, -0.2) is 28.0 Å². The number of aryl methyl sites for hydroxylation is 1. The lowest BCUT2D eigenvalue weighted by atomic mass is 9.89. The van der Waals surface area contributed by atoms with Gasteiger partial charge in [-0.15, -0.1) is 0 Å². The molecule has 1 aliphatic carbocycles. The minimum absolute atomic E-state index is 0.149. The SMILES string of the molecule is CC1CC(=O)NN1C(=O)c1noc2c1CCc1ccccc1-2. The lowest BCUT2D eigenvalue weighted by molar-refractivity contribution is -0.120. The summed E-state index contributed by atoms with van der Waals surface area (Å²) in [5.41, 5.74) is 5.91. The largest absolute Gasteiger partial charge is 0.355 e. The molecule has 112 valence electrons. The molecule has 0 bridgehead atoms. The minimum Gasteiger partial charge on any atom is -0.355 e. The lowest BCUT2D eigenvalue weighted by Gasteiger charge is -2.20. The van der Waals surface area contributed by atoms with Crippen LogP contribution in [0.5, 0.6) is 0 Å². The van der Waals surface area contributed by atoms with Crippen molar-refractivity contribution in [3.8, 4) is 11.3 Å². The maximum Gasteiger partial charge on any atom is 0.295 e. The average Bonchev–Trinajstić information content (AvgIpc) is 3.09. The molecule has 1 aromatic heterocycles. The van der Waals surface area contributed by atoms with Gasteiger partial charge in [0.05, 0.1) is 12.5 Å². The number of hydrazine groups is 1. The van der Waals surface area contributed by atoms with Crippen LogP contribution in [0.25, 0.3) is 11.3 Å². The zero-order valence-corrected chi connectivity index (χ0v) is 12.1. The number of hydrogen-bond acceptors (Lipinski definition) is 4. The number of amides is 2. The monoisotopic (exact) mass is 297 g/mol. The lowest BCUT2D eigenvalue weighted by Crippen LogP contribution is -2.42. The highest BCUT2D eigenvalue weighted by molar-refractivity contribution is 5.98. The predicted molar refractivity (Wildman–Crippen MR) is 77.7 cm³/mol. The van der Waals surface area contributed by atoms with E-state index in [9.17, 15) is 9.59 Å². The number of nitrogens with zero attached hydrogens (tertiary/aromatic N) is 2. The summed E-state index contributed by atoms with van der Waals surface area (Å²) in [6.45, 7) is 1.83. The summed E-state index contributed by atoms with van der Waals surface area (Å²) in [6, 6.07) is 7.80. The molecule has 2 heterocycles. The molecule has 1 aliphatic heterocycles. The summed E-state index contributed by atoms with van der Waals surface area (Å²) in [5, 5.41) is 5.33. The number of carbonyl (C=O) groups is 2. The molecule has 1 unspecified atom stereocenters. The van der Waals surface area contributed by atoms with E-state index >= 15 is 0 Å². The van der Waals surface area contributed by atoms with Crippen molar-refractivity contribution in [3.63, 3.8) is 0 Å². The van der Waals surface area contributed by atoms with E-state index in [1.165, 1.54) is 10.6 Å². The van der Waals surface area contributed by atoms with Gasteiger partial charge in [-0.1, -0.05) is 29.4 Å². The second-order valence-electron chi connectivity index (χ2n) is 5.76. The highest BCUT2D eigenvalue weighted by Gasteiger charge is 2.36. The highest BCUT2D eigenvalue weighted by Crippen LogP contribution is 2.35. The number of rotatable bonds is 1. The van der Waals surface area contributed by atoms with Gasteiger partial charge in [0.15, 0.2) is 11.5 Å². The first-order valence-electron chi connectivity index (χ1n) is 7.35. The van der Waals surface area contributed by atoms with Crippen LogP contribution in [-0.2, 0) is 17.6 Å². The van der Waals surface area contributed by atoms with Crippen molar-refractivity contribution in [2.45, 2.75) is 32.2 Å². The van der Waals surface area contributed by atoms with Crippen LogP contribution < -0.4 is 5.43 Å². The molecule has 1 fully saturated rings. The number of carbonyl (C=O) groups excluding carboxylic acids is 2. The van der Waals surface area contributed by atoms with Crippen LogP contribution in [0.3, 0.4) is 0 Å². The van der Waals surface area contributed by atoms with Crippen molar-refractivity contribution in [3.05, 3.63) is 41.1 Å². The van der Waals surface area contributed by atoms with Gasteiger partial charge in [0, 0.05) is 11.1 Å². The molecule has 2 amide bonds. The second kappa shape index (κ2) is 4.69. The van der Waals surface area contributed by atoms with Gasteiger partial charge in [0.25, 0.3) is 5.91 Å². The molecule has 2 aromatic rings. The van der Waals surface area contributed by atoms with Crippen molar-refractivity contribution < 1.29 is 14.1 Å². The van der Waals surface area contributed by atoms with Crippen LogP contribution in [0.4, 0.5) is 0 Å². The van der Waals surface area contributed by atoms with E-state index in [-0.39, 0.29) is 17.9 Å². The van der Waals surface area contributed by atoms with E-state index in [1.54, 1.807) is 0 Å². The van der Waals surface area contributed by atoms with Crippen LogP contribution in [0.2, 0.25) is 0 Å². The van der Waals surface area contributed by atoms with Crippen LogP contribution in [0.1, 0.15) is 35.0 Å². The first kappa shape index (κ1) is 13.1. The van der Waals surface area contributed by atoms with Gasteiger partial charge in [0.1, 0.15) is 0 Å². The average molecular weight is 297 g/mol. The van der Waals surface area contributed by atoms with E-state index in [2.05, 4.69) is 16.6 Å². The molecule has 0 radical (unpaired) electrons. The third kappa shape index (κ3) is 1.83. The van der Waals surface area contributed by atoms with Gasteiger partial charge < -0.3 is 4.52 Å². The third-order valence-electron chi connectivity index (χ3n) is 4.28. The maximum absolute atomic E-state index is 12.6. The third-order valence-corrected chi connectivity index (χ3v) is 4.28. The Kier molecular flexibility index (Phi) is 2.79. The number of benzene rings is 1. The Balaban J connectivity index is 1.73. The first-order valence-corrected chi connectivity index (χ1v) is 7.35. The molecule has 6 heteroatoms. The topological polar surface area (TPSA) is 75.4 Å². The van der Waals surface area contributed by atoms with E-state index < -0.39 is 0 Å². The zero-order chi connectivity index (χ0) is 15.3. The Labute approximate surface area is 127 Å². The molecule has 0 saturated carbocycles. The second-order valence-corrected chi connectivity index (χ2v) is 5.76. The summed E-state index contributed by atoms with van der Waals surface area (Å²) < 4.78 is 5.45. The molecular weight excluding hydrogens is 282 g/mol. The van der Waals surface area contributed by atoms with E-state index in [0.717, 1.165) is 17.5 Å². The molecule has 1 saturated heterocycles. The summed E-state index contributed by atoms with van der Waals surface area (Å²) >= 11 is 0. The molecule has 0 spiro atoms. The first-order chi connectivity index (χ1) is 10.6. The number of aromatic nitrogens is 1. The van der Waals surface area contributed by atoms with Crippen molar-refractivity contribution >= 4 is 11.8 Å². The van der Waals surface area contributed by atoms with Crippen molar-refractivity contribution in [1.82, 2.24) is 15.6 Å².